The average molecular weight is 466 g/mol. The van der Waals surface area contributed by atoms with Gasteiger partial charge in [0.05, 0.1) is 10.9 Å². The highest BCUT2D eigenvalue weighted by Crippen LogP contribution is 2.37. The van der Waals surface area contributed by atoms with E-state index >= 15 is 0 Å². The van der Waals surface area contributed by atoms with Crippen LogP contribution in [-0.4, -0.2) is 34.8 Å². The number of nitrogens with zero attached hydrogens (tertiary/aromatic N) is 2. The van der Waals surface area contributed by atoms with Crippen molar-refractivity contribution in [2.45, 2.75) is 29.8 Å². The van der Waals surface area contributed by atoms with Gasteiger partial charge < -0.3 is 15.2 Å². The first-order valence-corrected chi connectivity index (χ1v) is 12.0. The highest BCUT2D eigenvalue weighted by atomic mass is 32.2. The standard InChI is InChI=1S/C25H24FN3O3S/c1-33-22-14-23-28-6-7-29(23)21-10-16(2-3-20(21)22)15-32-19-12-17(11-18(26)13-19)25(24(27)30)4-8-31-9-5-25/h2-3,6-7,10-14H,4-5,8-9,15H2,1H3,(H2,27,30). The fourth-order valence-electron chi connectivity index (χ4n) is 4.55. The Labute approximate surface area is 194 Å². The number of thioether (sulfide) groups is 1. The molecule has 3 heterocycles. The van der Waals surface area contributed by atoms with Crippen molar-refractivity contribution in [3.63, 3.8) is 0 Å². The number of amides is 1. The van der Waals surface area contributed by atoms with E-state index in [1.807, 2.05) is 22.9 Å². The molecule has 170 valence electrons. The first-order valence-electron chi connectivity index (χ1n) is 10.7. The molecule has 1 aliphatic heterocycles. The summed E-state index contributed by atoms with van der Waals surface area (Å²) in [6.45, 7) is 1.08. The number of carbonyl (C=O) groups excluding carboxylic acids is 1. The molecular weight excluding hydrogens is 441 g/mol. The van der Waals surface area contributed by atoms with E-state index in [1.54, 1.807) is 24.0 Å². The molecule has 0 atom stereocenters. The van der Waals surface area contributed by atoms with Crippen molar-refractivity contribution in [3.8, 4) is 5.75 Å². The smallest absolute Gasteiger partial charge is 0.228 e. The van der Waals surface area contributed by atoms with Gasteiger partial charge in [0.25, 0.3) is 0 Å². The summed E-state index contributed by atoms with van der Waals surface area (Å²) in [5.74, 6) is -0.563. The molecule has 2 N–H and O–H groups in total. The Morgan fingerprint density at radius 1 is 1.24 bits per heavy atom. The number of ether oxygens (including phenoxy) is 2. The zero-order valence-electron chi connectivity index (χ0n) is 18.2. The molecule has 5 rings (SSSR count). The molecule has 1 saturated heterocycles. The fourth-order valence-corrected chi connectivity index (χ4v) is 5.17. The second kappa shape index (κ2) is 8.68. The lowest BCUT2D eigenvalue weighted by Crippen LogP contribution is -2.45. The number of hydrogen-bond acceptors (Lipinski definition) is 5. The highest BCUT2D eigenvalue weighted by molar-refractivity contribution is 7.98. The van der Waals surface area contributed by atoms with Crippen molar-refractivity contribution < 1.29 is 18.7 Å². The molecule has 0 saturated carbocycles. The Kier molecular flexibility index (Phi) is 5.72. The molecule has 4 aromatic rings. The maximum atomic E-state index is 14.5. The Hall–Kier alpha value is -3.10. The molecule has 0 aliphatic carbocycles. The molecule has 0 radical (unpaired) electrons. The van der Waals surface area contributed by atoms with Gasteiger partial charge in [0.2, 0.25) is 5.91 Å². The van der Waals surface area contributed by atoms with Crippen LogP contribution in [0.1, 0.15) is 24.0 Å². The van der Waals surface area contributed by atoms with E-state index in [-0.39, 0.29) is 6.61 Å². The molecular formula is C25H24FN3O3S. The zero-order valence-corrected chi connectivity index (χ0v) is 19.0. The maximum Gasteiger partial charge on any atom is 0.228 e. The van der Waals surface area contributed by atoms with Gasteiger partial charge in [-0.1, -0.05) is 12.1 Å². The van der Waals surface area contributed by atoms with E-state index in [0.29, 0.717) is 37.4 Å². The quantitative estimate of drug-likeness (QED) is 0.426. The van der Waals surface area contributed by atoms with Crippen LogP contribution in [0.2, 0.25) is 0 Å². The normalized spacial score (nSPS) is 15.7. The molecule has 2 aromatic carbocycles. The van der Waals surface area contributed by atoms with Crippen LogP contribution in [0, 0.1) is 5.82 Å². The first kappa shape index (κ1) is 21.7. The van der Waals surface area contributed by atoms with E-state index in [2.05, 4.69) is 23.2 Å². The predicted octanol–water partition coefficient (Wildman–Crippen LogP) is 4.46. The summed E-state index contributed by atoms with van der Waals surface area (Å²) in [4.78, 5) is 17.9. The summed E-state index contributed by atoms with van der Waals surface area (Å²) in [7, 11) is 0. The van der Waals surface area contributed by atoms with Gasteiger partial charge in [0.1, 0.15) is 23.8 Å². The van der Waals surface area contributed by atoms with E-state index in [0.717, 1.165) is 27.0 Å². The average Bonchev–Trinajstić information content (AvgIpc) is 3.31. The third kappa shape index (κ3) is 3.94. The van der Waals surface area contributed by atoms with Gasteiger partial charge in [0.15, 0.2) is 0 Å². The van der Waals surface area contributed by atoms with Gasteiger partial charge in [-0.05, 0) is 54.5 Å². The number of aromatic nitrogens is 2. The van der Waals surface area contributed by atoms with Crippen molar-refractivity contribution in [3.05, 3.63) is 71.8 Å². The SMILES string of the molecule is CSc1cc2nccn2c2cc(COc3cc(F)cc(C4(C(N)=O)CCOCC4)c3)ccc12. The minimum absolute atomic E-state index is 0.255. The van der Waals surface area contributed by atoms with Crippen molar-refractivity contribution in [1.82, 2.24) is 9.38 Å². The minimum atomic E-state index is -0.942. The van der Waals surface area contributed by atoms with Gasteiger partial charge in [-0.2, -0.15) is 0 Å². The number of primary amides is 1. The first-order chi connectivity index (χ1) is 16.0. The topological polar surface area (TPSA) is 78.9 Å². The number of hydrogen-bond donors (Lipinski definition) is 1. The molecule has 0 bridgehead atoms. The van der Waals surface area contributed by atoms with Crippen molar-refractivity contribution in [1.29, 1.82) is 0 Å². The third-order valence-electron chi connectivity index (χ3n) is 6.38. The molecule has 2 aromatic heterocycles. The molecule has 0 unspecified atom stereocenters. The second-order valence-corrected chi connectivity index (χ2v) is 9.09. The van der Waals surface area contributed by atoms with Crippen LogP contribution in [0.5, 0.6) is 5.75 Å². The van der Waals surface area contributed by atoms with Crippen LogP contribution in [-0.2, 0) is 21.6 Å². The number of carbonyl (C=O) groups is 1. The molecule has 1 fully saturated rings. The van der Waals surface area contributed by atoms with Gasteiger partial charge in [-0.15, -0.1) is 11.8 Å². The fraction of sp³-hybridized carbons (Fsp3) is 0.280. The van der Waals surface area contributed by atoms with Crippen LogP contribution < -0.4 is 10.5 Å². The number of nitrogens with two attached hydrogens (primary N) is 1. The highest BCUT2D eigenvalue weighted by Gasteiger charge is 2.40. The lowest BCUT2D eigenvalue weighted by Gasteiger charge is -2.34. The van der Waals surface area contributed by atoms with Gasteiger partial charge >= 0.3 is 0 Å². The molecule has 1 aliphatic rings. The molecule has 1 amide bonds. The third-order valence-corrected chi connectivity index (χ3v) is 7.16. The Morgan fingerprint density at radius 3 is 2.82 bits per heavy atom. The Balaban J connectivity index is 1.45. The Bertz CT molecular complexity index is 1350. The van der Waals surface area contributed by atoms with E-state index < -0.39 is 17.1 Å². The van der Waals surface area contributed by atoms with E-state index in [4.69, 9.17) is 15.2 Å². The molecule has 6 nitrogen and oxygen atoms in total. The monoisotopic (exact) mass is 465 g/mol. The minimum Gasteiger partial charge on any atom is -0.489 e. The summed E-state index contributed by atoms with van der Waals surface area (Å²) in [5.41, 5.74) is 8.20. The summed E-state index contributed by atoms with van der Waals surface area (Å²) in [5, 5.41) is 1.13. The van der Waals surface area contributed by atoms with Crippen LogP contribution in [0.3, 0.4) is 0 Å². The zero-order chi connectivity index (χ0) is 23.0. The number of pyridine rings is 1. The summed E-state index contributed by atoms with van der Waals surface area (Å²) in [6.07, 6.45) is 6.61. The molecule has 0 spiro atoms. The van der Waals surface area contributed by atoms with E-state index in [1.165, 1.54) is 12.1 Å². The van der Waals surface area contributed by atoms with Crippen LogP contribution in [0.15, 0.2) is 59.8 Å². The molecule has 8 heteroatoms. The second-order valence-electron chi connectivity index (χ2n) is 8.24. The van der Waals surface area contributed by atoms with Crippen LogP contribution in [0.25, 0.3) is 16.6 Å². The van der Waals surface area contributed by atoms with Gasteiger partial charge in [0, 0.05) is 42.0 Å². The summed E-state index contributed by atoms with van der Waals surface area (Å²) in [6, 6.07) is 12.6. The van der Waals surface area contributed by atoms with Crippen molar-refractivity contribution in [2.24, 2.45) is 5.73 Å². The predicted molar refractivity (Wildman–Crippen MR) is 126 cm³/mol. The Morgan fingerprint density at radius 2 is 2.06 bits per heavy atom. The molecule has 33 heavy (non-hydrogen) atoms. The lowest BCUT2D eigenvalue weighted by molar-refractivity contribution is -0.127. The van der Waals surface area contributed by atoms with Crippen molar-refractivity contribution >= 4 is 34.2 Å². The maximum absolute atomic E-state index is 14.5. The lowest BCUT2D eigenvalue weighted by atomic mass is 9.73. The summed E-state index contributed by atoms with van der Waals surface area (Å²) >= 11 is 1.68. The van der Waals surface area contributed by atoms with Crippen molar-refractivity contribution in [2.75, 3.05) is 19.5 Å². The number of benzene rings is 2. The van der Waals surface area contributed by atoms with Gasteiger partial charge in [-0.25, -0.2) is 9.37 Å². The number of rotatable bonds is 6. The number of fused-ring (bicyclic) bond motifs is 3. The van der Waals surface area contributed by atoms with Gasteiger partial charge in [-0.3, -0.25) is 9.20 Å². The van der Waals surface area contributed by atoms with Crippen LogP contribution in [0.4, 0.5) is 4.39 Å². The number of imidazole rings is 1. The van der Waals surface area contributed by atoms with Crippen LogP contribution >= 0.6 is 11.8 Å². The largest absolute Gasteiger partial charge is 0.489 e. The summed E-state index contributed by atoms with van der Waals surface area (Å²) < 4.78 is 27.9. The van der Waals surface area contributed by atoms with E-state index in [9.17, 15) is 9.18 Å². The number of halogens is 1.